The minimum atomic E-state index is -0.749. The minimum absolute atomic E-state index is 0.0785. The van der Waals surface area contributed by atoms with Crippen LogP contribution < -0.4 is 4.74 Å². The molecule has 0 bridgehead atoms. The molecule has 24 heavy (non-hydrogen) atoms. The predicted octanol–water partition coefficient (Wildman–Crippen LogP) is 3.43. The fourth-order valence-electron chi connectivity index (χ4n) is 2.00. The lowest BCUT2D eigenvalue weighted by Gasteiger charge is -2.03. The second-order valence-electron chi connectivity index (χ2n) is 4.78. The first-order chi connectivity index (χ1) is 11.4. The minimum Gasteiger partial charge on any atom is -0.423 e. The molecule has 0 N–H and O–H groups in total. The van der Waals surface area contributed by atoms with Crippen molar-refractivity contribution in [2.24, 2.45) is 0 Å². The van der Waals surface area contributed by atoms with E-state index in [9.17, 15) is 25.0 Å². The zero-order valence-electron chi connectivity index (χ0n) is 12.5. The molecule has 0 saturated carbocycles. The van der Waals surface area contributed by atoms with Gasteiger partial charge < -0.3 is 4.74 Å². The SMILES string of the molecule is Cc1cc(OC(=O)C=Cc2ccccc2[N+](=O)[O-])ccc1[N+](=O)[O-]. The van der Waals surface area contributed by atoms with Crippen molar-refractivity contribution in [3.05, 3.63) is 79.9 Å². The molecular formula is C16H12N2O6. The van der Waals surface area contributed by atoms with Crippen LogP contribution in [0.5, 0.6) is 5.75 Å². The average molecular weight is 328 g/mol. The number of esters is 1. The van der Waals surface area contributed by atoms with E-state index in [1.54, 1.807) is 6.07 Å². The van der Waals surface area contributed by atoms with Crippen LogP contribution in [-0.4, -0.2) is 15.8 Å². The van der Waals surface area contributed by atoms with Gasteiger partial charge in [0.05, 0.1) is 15.4 Å². The Morgan fingerprint density at radius 2 is 1.71 bits per heavy atom. The van der Waals surface area contributed by atoms with Gasteiger partial charge in [-0.2, -0.15) is 0 Å². The van der Waals surface area contributed by atoms with Crippen LogP contribution in [0.2, 0.25) is 0 Å². The fourth-order valence-corrected chi connectivity index (χ4v) is 2.00. The number of nitro benzene ring substituents is 2. The first kappa shape index (κ1) is 16.8. The number of benzene rings is 2. The first-order valence-corrected chi connectivity index (χ1v) is 6.77. The van der Waals surface area contributed by atoms with Crippen LogP contribution >= 0.6 is 0 Å². The Morgan fingerprint density at radius 3 is 2.33 bits per heavy atom. The summed E-state index contributed by atoms with van der Waals surface area (Å²) in [6, 6.07) is 9.87. The molecular weight excluding hydrogens is 316 g/mol. The first-order valence-electron chi connectivity index (χ1n) is 6.77. The summed E-state index contributed by atoms with van der Waals surface area (Å²) in [7, 11) is 0. The van der Waals surface area contributed by atoms with E-state index in [1.807, 2.05) is 0 Å². The molecule has 0 atom stereocenters. The van der Waals surface area contributed by atoms with Crippen LogP contribution in [0.25, 0.3) is 6.08 Å². The van der Waals surface area contributed by atoms with E-state index >= 15 is 0 Å². The van der Waals surface area contributed by atoms with Crippen molar-refractivity contribution in [3.8, 4) is 5.75 Å². The lowest BCUT2D eigenvalue weighted by Crippen LogP contribution is -2.04. The molecule has 122 valence electrons. The normalized spacial score (nSPS) is 10.5. The Balaban J connectivity index is 2.13. The summed E-state index contributed by atoms with van der Waals surface area (Å²) in [5.74, 6) is -0.600. The maximum absolute atomic E-state index is 11.8. The number of carbonyl (C=O) groups is 1. The Hall–Kier alpha value is -3.55. The van der Waals surface area contributed by atoms with E-state index in [0.717, 1.165) is 6.08 Å². The predicted molar refractivity (Wildman–Crippen MR) is 85.6 cm³/mol. The van der Waals surface area contributed by atoms with Crippen LogP contribution in [0, 0.1) is 27.2 Å². The van der Waals surface area contributed by atoms with E-state index in [-0.39, 0.29) is 22.7 Å². The molecule has 8 heteroatoms. The molecule has 0 aromatic heterocycles. The number of hydrogen-bond donors (Lipinski definition) is 0. The van der Waals surface area contributed by atoms with Crippen LogP contribution in [0.4, 0.5) is 11.4 Å². The summed E-state index contributed by atoms with van der Waals surface area (Å²) in [5.41, 5.74) is 0.408. The molecule has 2 rings (SSSR count). The Bertz CT molecular complexity index is 844. The molecule has 0 amide bonds. The van der Waals surface area contributed by atoms with E-state index in [1.165, 1.54) is 49.4 Å². The summed E-state index contributed by atoms with van der Waals surface area (Å²) in [4.78, 5) is 32.3. The number of ether oxygens (including phenoxy) is 1. The number of para-hydroxylation sites is 1. The van der Waals surface area contributed by atoms with Crippen molar-refractivity contribution < 1.29 is 19.4 Å². The van der Waals surface area contributed by atoms with Gasteiger partial charge in [0.25, 0.3) is 11.4 Å². The molecule has 0 radical (unpaired) electrons. The molecule has 0 aliphatic rings. The third-order valence-electron chi connectivity index (χ3n) is 3.12. The third-order valence-corrected chi connectivity index (χ3v) is 3.12. The van der Waals surface area contributed by atoms with Crippen molar-refractivity contribution in [2.45, 2.75) is 6.92 Å². The van der Waals surface area contributed by atoms with Crippen LogP contribution in [0.15, 0.2) is 48.5 Å². The topological polar surface area (TPSA) is 113 Å². The van der Waals surface area contributed by atoms with Crippen molar-refractivity contribution in [1.82, 2.24) is 0 Å². The van der Waals surface area contributed by atoms with Crippen LogP contribution in [-0.2, 0) is 4.79 Å². The summed E-state index contributed by atoms with van der Waals surface area (Å²) in [6.45, 7) is 1.53. The Morgan fingerprint density at radius 1 is 1.04 bits per heavy atom. The second kappa shape index (κ2) is 7.14. The van der Waals surface area contributed by atoms with Gasteiger partial charge in [0.2, 0.25) is 0 Å². The van der Waals surface area contributed by atoms with E-state index in [2.05, 4.69) is 0 Å². The number of hydrogen-bond acceptors (Lipinski definition) is 6. The Labute approximate surface area is 136 Å². The maximum Gasteiger partial charge on any atom is 0.336 e. The Kier molecular flexibility index (Phi) is 5.00. The largest absolute Gasteiger partial charge is 0.423 e. The summed E-state index contributed by atoms with van der Waals surface area (Å²) < 4.78 is 5.03. The smallest absolute Gasteiger partial charge is 0.336 e. The highest BCUT2D eigenvalue weighted by Gasteiger charge is 2.13. The van der Waals surface area contributed by atoms with Gasteiger partial charge in [-0.15, -0.1) is 0 Å². The molecule has 0 saturated heterocycles. The monoisotopic (exact) mass is 328 g/mol. The van der Waals surface area contributed by atoms with Gasteiger partial charge in [-0.3, -0.25) is 20.2 Å². The molecule has 2 aromatic carbocycles. The molecule has 2 aromatic rings. The fraction of sp³-hybridized carbons (Fsp3) is 0.0625. The molecule has 0 aliphatic carbocycles. The summed E-state index contributed by atoms with van der Waals surface area (Å²) in [5, 5.41) is 21.6. The average Bonchev–Trinajstić information content (AvgIpc) is 2.52. The van der Waals surface area contributed by atoms with Gasteiger partial charge in [-0.25, -0.2) is 4.79 Å². The lowest BCUT2D eigenvalue weighted by atomic mass is 10.1. The number of nitro groups is 2. The third kappa shape index (κ3) is 4.01. The van der Waals surface area contributed by atoms with Crippen LogP contribution in [0.1, 0.15) is 11.1 Å². The number of rotatable bonds is 5. The highest BCUT2D eigenvalue weighted by molar-refractivity contribution is 5.89. The highest BCUT2D eigenvalue weighted by Crippen LogP contribution is 2.23. The van der Waals surface area contributed by atoms with Gasteiger partial charge in [-0.05, 0) is 31.2 Å². The molecule has 0 fully saturated rings. The molecule has 0 aliphatic heterocycles. The second-order valence-corrected chi connectivity index (χ2v) is 4.78. The maximum atomic E-state index is 11.8. The lowest BCUT2D eigenvalue weighted by molar-refractivity contribution is -0.385. The van der Waals surface area contributed by atoms with Crippen molar-refractivity contribution in [2.75, 3.05) is 0 Å². The van der Waals surface area contributed by atoms with E-state index in [4.69, 9.17) is 4.74 Å². The van der Waals surface area contributed by atoms with E-state index in [0.29, 0.717) is 5.56 Å². The van der Waals surface area contributed by atoms with Crippen molar-refractivity contribution in [1.29, 1.82) is 0 Å². The van der Waals surface area contributed by atoms with E-state index < -0.39 is 15.8 Å². The number of aryl methyl sites for hydroxylation is 1. The van der Waals surface area contributed by atoms with Gasteiger partial charge in [0, 0.05) is 23.8 Å². The molecule has 0 heterocycles. The number of nitrogens with zero attached hydrogens (tertiary/aromatic N) is 2. The summed E-state index contributed by atoms with van der Waals surface area (Å²) in [6.07, 6.45) is 2.33. The molecule has 0 spiro atoms. The zero-order chi connectivity index (χ0) is 17.7. The molecule has 0 unspecified atom stereocenters. The standard InChI is InChI=1S/C16H12N2O6/c1-11-10-13(7-8-14(11)17(20)21)24-16(19)9-6-12-4-2-3-5-15(12)18(22)23/h2-10H,1H3. The number of carbonyl (C=O) groups excluding carboxylic acids is 1. The van der Waals surface area contributed by atoms with Crippen LogP contribution in [0.3, 0.4) is 0 Å². The van der Waals surface area contributed by atoms with Gasteiger partial charge in [0.15, 0.2) is 0 Å². The molecule has 8 nitrogen and oxygen atoms in total. The zero-order valence-corrected chi connectivity index (χ0v) is 12.5. The van der Waals surface area contributed by atoms with Gasteiger partial charge in [-0.1, -0.05) is 12.1 Å². The quantitative estimate of drug-likeness (QED) is 0.273. The van der Waals surface area contributed by atoms with Gasteiger partial charge in [0.1, 0.15) is 5.75 Å². The highest BCUT2D eigenvalue weighted by atomic mass is 16.6. The van der Waals surface area contributed by atoms with Crippen molar-refractivity contribution in [3.63, 3.8) is 0 Å². The summed E-state index contributed by atoms with van der Waals surface area (Å²) >= 11 is 0. The van der Waals surface area contributed by atoms with Gasteiger partial charge >= 0.3 is 5.97 Å². The van der Waals surface area contributed by atoms with Crippen molar-refractivity contribution >= 4 is 23.4 Å².